The van der Waals surface area contributed by atoms with Gasteiger partial charge in [-0.2, -0.15) is 0 Å². The van der Waals surface area contributed by atoms with Gasteiger partial charge in [-0.3, -0.25) is 0 Å². The number of anilines is 1. The van der Waals surface area contributed by atoms with Crippen molar-refractivity contribution in [1.82, 2.24) is 9.97 Å². The van der Waals surface area contributed by atoms with Crippen LogP contribution in [0.3, 0.4) is 0 Å². The third-order valence-corrected chi connectivity index (χ3v) is 1.73. The molecule has 0 bridgehead atoms. The van der Waals surface area contributed by atoms with Crippen LogP contribution in [0.4, 0.5) is 11.6 Å². The summed E-state index contributed by atoms with van der Waals surface area (Å²) < 4.78 is 0. The Morgan fingerprint density at radius 2 is 2.33 bits per heavy atom. The predicted molar refractivity (Wildman–Crippen MR) is 46.2 cm³/mol. The van der Waals surface area contributed by atoms with Crippen LogP contribution in [-0.4, -0.2) is 16.2 Å². The number of terminal acetylenes is 1. The number of rotatable bonds is 0. The van der Waals surface area contributed by atoms with Crippen molar-refractivity contribution in [2.45, 2.75) is 5.92 Å². The number of hydrogen-bond acceptors (Lipinski definition) is 4. The summed E-state index contributed by atoms with van der Waals surface area (Å²) in [6.45, 7) is 0. The first-order valence-electron chi connectivity index (χ1n) is 3.43. The zero-order valence-electron chi connectivity index (χ0n) is 6.23. The summed E-state index contributed by atoms with van der Waals surface area (Å²) in [4.78, 5) is 11.8. The maximum atomic E-state index is 5.61. The molecule has 0 saturated carbocycles. The van der Waals surface area contributed by atoms with Crippen molar-refractivity contribution < 1.29 is 0 Å². The number of nitrogen functional groups attached to an aromatic ring is 1. The van der Waals surface area contributed by atoms with E-state index in [0.29, 0.717) is 11.6 Å². The smallest absolute Gasteiger partial charge is 0.161 e. The molecule has 1 aliphatic heterocycles. The first-order chi connectivity index (χ1) is 5.83. The standard InChI is InChI=1S/C8H6N4/c1-2-5-3-10-8-6(5)7(9)11-4-12-8/h1,3-5H,(H2,9,11,12). The molecule has 1 aromatic heterocycles. The number of hydrogen-bond donors (Lipinski definition) is 1. The average molecular weight is 158 g/mol. The molecule has 2 N–H and O–H groups in total. The van der Waals surface area contributed by atoms with Crippen molar-refractivity contribution in [3.8, 4) is 12.3 Å². The Hall–Kier alpha value is -1.89. The van der Waals surface area contributed by atoms with Crippen LogP contribution in [0.2, 0.25) is 0 Å². The number of aliphatic imine (C=N–C) groups is 1. The molecule has 1 aliphatic rings. The molecule has 1 atom stereocenters. The van der Waals surface area contributed by atoms with Crippen molar-refractivity contribution in [3.63, 3.8) is 0 Å². The molecule has 2 heterocycles. The Bertz CT molecular complexity index is 389. The van der Waals surface area contributed by atoms with Crippen molar-refractivity contribution in [2.24, 2.45) is 4.99 Å². The van der Waals surface area contributed by atoms with Crippen LogP contribution in [0, 0.1) is 12.3 Å². The highest BCUT2D eigenvalue weighted by atomic mass is 15.0. The summed E-state index contributed by atoms with van der Waals surface area (Å²) in [6.07, 6.45) is 8.29. The second-order valence-electron chi connectivity index (χ2n) is 2.42. The third kappa shape index (κ3) is 0.768. The van der Waals surface area contributed by atoms with Gasteiger partial charge in [-0.05, 0) is 0 Å². The van der Waals surface area contributed by atoms with E-state index in [1.807, 2.05) is 0 Å². The predicted octanol–water partition coefficient (Wildman–Crippen LogP) is 0.492. The van der Waals surface area contributed by atoms with Crippen molar-refractivity contribution >= 4 is 17.9 Å². The Labute approximate surface area is 69.6 Å². The highest BCUT2D eigenvalue weighted by Gasteiger charge is 2.21. The van der Waals surface area contributed by atoms with Gasteiger partial charge in [0.25, 0.3) is 0 Å². The van der Waals surface area contributed by atoms with E-state index in [9.17, 15) is 0 Å². The minimum absolute atomic E-state index is 0.166. The van der Waals surface area contributed by atoms with E-state index in [0.717, 1.165) is 5.56 Å². The van der Waals surface area contributed by atoms with Crippen LogP contribution in [0.15, 0.2) is 11.3 Å². The summed E-state index contributed by atoms with van der Waals surface area (Å²) in [7, 11) is 0. The molecule has 1 aromatic rings. The zero-order chi connectivity index (χ0) is 8.55. The maximum absolute atomic E-state index is 5.61. The summed E-state index contributed by atoms with van der Waals surface area (Å²) in [5.41, 5.74) is 6.36. The van der Waals surface area contributed by atoms with Crippen LogP contribution in [0.25, 0.3) is 0 Å². The minimum atomic E-state index is -0.166. The van der Waals surface area contributed by atoms with Gasteiger partial charge in [0.2, 0.25) is 0 Å². The Balaban J connectivity index is 2.63. The molecule has 0 saturated heterocycles. The fourth-order valence-electron chi connectivity index (χ4n) is 1.15. The van der Waals surface area contributed by atoms with Crippen LogP contribution in [0.5, 0.6) is 0 Å². The van der Waals surface area contributed by atoms with Crippen LogP contribution >= 0.6 is 0 Å². The first kappa shape index (κ1) is 6.80. The van der Waals surface area contributed by atoms with E-state index in [1.54, 1.807) is 6.21 Å². The average Bonchev–Trinajstić information content (AvgIpc) is 2.49. The highest BCUT2D eigenvalue weighted by molar-refractivity contribution is 5.85. The molecule has 4 nitrogen and oxygen atoms in total. The minimum Gasteiger partial charge on any atom is -0.383 e. The zero-order valence-corrected chi connectivity index (χ0v) is 6.23. The molecular weight excluding hydrogens is 152 g/mol. The Morgan fingerprint density at radius 3 is 3.08 bits per heavy atom. The van der Waals surface area contributed by atoms with Crippen molar-refractivity contribution in [1.29, 1.82) is 0 Å². The Kier molecular flexibility index (Phi) is 1.31. The maximum Gasteiger partial charge on any atom is 0.161 e. The van der Waals surface area contributed by atoms with E-state index in [-0.39, 0.29) is 5.92 Å². The van der Waals surface area contributed by atoms with Gasteiger partial charge in [0.1, 0.15) is 12.1 Å². The van der Waals surface area contributed by atoms with Gasteiger partial charge in [0.05, 0.1) is 11.5 Å². The second-order valence-corrected chi connectivity index (χ2v) is 2.42. The molecule has 0 aromatic carbocycles. The van der Waals surface area contributed by atoms with E-state index in [1.165, 1.54) is 6.33 Å². The fourth-order valence-corrected chi connectivity index (χ4v) is 1.15. The number of aromatic nitrogens is 2. The van der Waals surface area contributed by atoms with Crippen molar-refractivity contribution in [2.75, 3.05) is 5.73 Å². The lowest BCUT2D eigenvalue weighted by Gasteiger charge is -2.02. The summed E-state index contributed by atoms with van der Waals surface area (Å²) in [5.74, 6) is 3.39. The topological polar surface area (TPSA) is 64.2 Å². The van der Waals surface area contributed by atoms with Crippen LogP contribution in [-0.2, 0) is 0 Å². The molecule has 4 heteroatoms. The quantitative estimate of drug-likeness (QED) is 0.559. The molecule has 0 fully saturated rings. The normalized spacial score (nSPS) is 18.8. The molecule has 2 rings (SSSR count). The van der Waals surface area contributed by atoms with Gasteiger partial charge in [-0.25, -0.2) is 15.0 Å². The largest absolute Gasteiger partial charge is 0.383 e. The van der Waals surface area contributed by atoms with Gasteiger partial charge in [0.15, 0.2) is 5.82 Å². The van der Waals surface area contributed by atoms with E-state index in [2.05, 4.69) is 20.9 Å². The van der Waals surface area contributed by atoms with Gasteiger partial charge in [0, 0.05) is 6.21 Å². The summed E-state index contributed by atoms with van der Waals surface area (Å²) in [6, 6.07) is 0. The van der Waals surface area contributed by atoms with Crippen LogP contribution in [0.1, 0.15) is 11.5 Å². The molecule has 58 valence electrons. The van der Waals surface area contributed by atoms with Crippen LogP contribution < -0.4 is 5.73 Å². The second kappa shape index (κ2) is 2.31. The molecule has 0 spiro atoms. The van der Waals surface area contributed by atoms with Crippen molar-refractivity contribution in [3.05, 3.63) is 11.9 Å². The monoisotopic (exact) mass is 158 g/mol. The highest BCUT2D eigenvalue weighted by Crippen LogP contribution is 2.32. The summed E-state index contributed by atoms with van der Waals surface area (Å²) >= 11 is 0. The number of fused-ring (bicyclic) bond motifs is 1. The Morgan fingerprint density at radius 1 is 1.50 bits per heavy atom. The lowest BCUT2D eigenvalue weighted by Crippen LogP contribution is -2.01. The van der Waals surface area contributed by atoms with E-state index in [4.69, 9.17) is 12.2 Å². The molecule has 1 unspecified atom stereocenters. The lowest BCUT2D eigenvalue weighted by atomic mass is 10.1. The molecular formula is C8H6N4. The molecule has 0 radical (unpaired) electrons. The van der Waals surface area contributed by atoms with E-state index >= 15 is 0 Å². The SMILES string of the molecule is C#CC1C=Nc2ncnc(N)c21. The molecule has 12 heavy (non-hydrogen) atoms. The lowest BCUT2D eigenvalue weighted by molar-refractivity contribution is 1.11. The number of nitrogens with zero attached hydrogens (tertiary/aromatic N) is 3. The summed E-state index contributed by atoms with van der Waals surface area (Å²) in [5, 5.41) is 0. The molecule has 0 aliphatic carbocycles. The molecule has 0 amide bonds. The first-order valence-corrected chi connectivity index (χ1v) is 3.43. The number of nitrogens with two attached hydrogens (primary N) is 1. The van der Waals surface area contributed by atoms with Gasteiger partial charge < -0.3 is 5.73 Å². The van der Waals surface area contributed by atoms with Gasteiger partial charge >= 0.3 is 0 Å². The van der Waals surface area contributed by atoms with Gasteiger partial charge in [-0.15, -0.1) is 6.42 Å². The van der Waals surface area contributed by atoms with E-state index < -0.39 is 0 Å². The fraction of sp³-hybridized carbons (Fsp3) is 0.125. The van der Waals surface area contributed by atoms with Gasteiger partial charge in [-0.1, -0.05) is 5.92 Å². The third-order valence-electron chi connectivity index (χ3n) is 1.73.